The Morgan fingerprint density at radius 1 is 1.07 bits per heavy atom. The number of carbonyl (C=O) groups excluding carboxylic acids is 1. The number of rotatable bonds is 4. The number of hydrogen-bond acceptors (Lipinski definition) is 4. The molecule has 28 heavy (non-hydrogen) atoms. The molecular formula is C22H19N5O. The normalized spacial score (nSPS) is 21.4. The minimum Gasteiger partial charge on any atom is -0.264 e. The van der Waals surface area contributed by atoms with E-state index in [0.29, 0.717) is 17.7 Å². The van der Waals surface area contributed by atoms with Gasteiger partial charge in [-0.15, -0.1) is 5.10 Å². The van der Waals surface area contributed by atoms with Crippen molar-refractivity contribution in [1.29, 1.82) is 0 Å². The Hall–Kier alpha value is -3.54. The largest absolute Gasteiger partial charge is 0.311 e. The first-order valence-electron chi connectivity index (χ1n) is 9.41. The molecule has 0 saturated heterocycles. The molecule has 2 aromatic carbocycles. The summed E-state index contributed by atoms with van der Waals surface area (Å²) in [5, 5.41) is 8.78. The highest BCUT2D eigenvalue weighted by Gasteiger charge is 2.38. The highest BCUT2D eigenvalue weighted by molar-refractivity contribution is 5.96. The summed E-state index contributed by atoms with van der Waals surface area (Å²) in [5.41, 5.74) is 5.43. The van der Waals surface area contributed by atoms with Crippen LogP contribution in [0.3, 0.4) is 0 Å². The molecule has 2 atom stereocenters. The minimum absolute atomic E-state index is 0.104. The molecule has 1 heterocycles. The van der Waals surface area contributed by atoms with Crippen molar-refractivity contribution < 1.29 is 4.79 Å². The molecule has 0 spiro atoms. The Balaban J connectivity index is 1.44. The maximum absolute atomic E-state index is 12.6. The number of amides is 1. The van der Waals surface area contributed by atoms with E-state index in [-0.39, 0.29) is 5.82 Å². The Morgan fingerprint density at radius 3 is 2.57 bits per heavy atom. The van der Waals surface area contributed by atoms with Crippen LogP contribution in [-0.4, -0.2) is 26.4 Å². The van der Waals surface area contributed by atoms with Crippen molar-refractivity contribution >= 4 is 11.6 Å². The van der Waals surface area contributed by atoms with Crippen LogP contribution in [-0.2, 0) is 0 Å². The summed E-state index contributed by atoms with van der Waals surface area (Å²) in [6.45, 7) is 0. The van der Waals surface area contributed by atoms with Gasteiger partial charge in [-0.3, -0.25) is 4.79 Å². The van der Waals surface area contributed by atoms with E-state index in [4.69, 9.17) is 0 Å². The fourth-order valence-corrected chi connectivity index (χ4v) is 3.77. The summed E-state index contributed by atoms with van der Waals surface area (Å²) in [5.74, 6) is 1.38. The molecule has 5 rings (SSSR count). The fraction of sp³-hybridized carbons (Fsp3) is 0.182. The Morgan fingerprint density at radius 2 is 1.82 bits per heavy atom. The quantitative estimate of drug-likeness (QED) is 0.564. The summed E-state index contributed by atoms with van der Waals surface area (Å²) in [7, 11) is 0. The van der Waals surface area contributed by atoms with Gasteiger partial charge in [0.15, 0.2) is 5.82 Å². The van der Waals surface area contributed by atoms with Crippen molar-refractivity contribution in [2.24, 2.45) is 16.9 Å². The molecule has 1 amide bonds. The third-order valence-corrected chi connectivity index (χ3v) is 5.31. The van der Waals surface area contributed by atoms with Crippen LogP contribution < -0.4 is 5.43 Å². The number of para-hydroxylation sites is 1. The lowest BCUT2D eigenvalue weighted by Gasteiger charge is -2.31. The smallest absolute Gasteiger partial charge is 0.264 e. The predicted molar refractivity (Wildman–Crippen MR) is 107 cm³/mol. The number of hydrogen-bond donors (Lipinski definition) is 1. The second-order valence-corrected chi connectivity index (χ2v) is 7.05. The number of benzene rings is 2. The van der Waals surface area contributed by atoms with Crippen LogP contribution in [0.2, 0.25) is 0 Å². The first-order chi connectivity index (χ1) is 13.8. The van der Waals surface area contributed by atoms with Crippen molar-refractivity contribution in [3.63, 3.8) is 0 Å². The molecule has 1 saturated carbocycles. The number of aromatic nitrogens is 3. The van der Waals surface area contributed by atoms with Crippen molar-refractivity contribution in [3.8, 4) is 17.1 Å². The van der Waals surface area contributed by atoms with E-state index in [1.165, 1.54) is 0 Å². The zero-order valence-corrected chi connectivity index (χ0v) is 15.2. The van der Waals surface area contributed by atoms with Crippen LogP contribution in [0.1, 0.15) is 23.5 Å². The van der Waals surface area contributed by atoms with Gasteiger partial charge < -0.3 is 0 Å². The van der Waals surface area contributed by atoms with Crippen LogP contribution in [0.4, 0.5) is 0 Å². The van der Waals surface area contributed by atoms with Crippen molar-refractivity contribution in [3.05, 3.63) is 78.6 Å². The van der Waals surface area contributed by atoms with Crippen LogP contribution in [0.5, 0.6) is 0 Å². The van der Waals surface area contributed by atoms with Gasteiger partial charge in [0.2, 0.25) is 5.82 Å². The zero-order valence-electron chi connectivity index (χ0n) is 15.2. The Bertz CT molecular complexity index is 1010. The second-order valence-electron chi connectivity index (χ2n) is 7.05. The van der Waals surface area contributed by atoms with Gasteiger partial charge in [0, 0.05) is 17.2 Å². The summed E-state index contributed by atoms with van der Waals surface area (Å²) in [6.07, 6.45) is 6.36. The standard InChI is InChI=1S/C22H19N5O/c28-22(25-24-19-14-16-10-7-13-18(16)19)20-23-21(15-8-3-1-4-9-15)27(26-20)17-11-5-2-6-12-17/h1-12,16,18H,13-14H2,(H,25,28)/b24-19+. The van der Waals surface area contributed by atoms with Gasteiger partial charge in [0.25, 0.3) is 0 Å². The molecule has 1 fully saturated rings. The van der Waals surface area contributed by atoms with Gasteiger partial charge in [-0.1, -0.05) is 60.7 Å². The SMILES string of the molecule is O=C(N/N=C1\CC2C=CCC12)c1nc(-c2ccccc2)n(-c2ccccc2)n1. The predicted octanol–water partition coefficient (Wildman–Crippen LogP) is 3.62. The van der Waals surface area contributed by atoms with Gasteiger partial charge in [0.05, 0.1) is 5.69 Å². The van der Waals surface area contributed by atoms with Crippen molar-refractivity contribution in [1.82, 2.24) is 20.2 Å². The Labute approximate surface area is 162 Å². The number of allylic oxidation sites excluding steroid dienone is 2. The lowest BCUT2D eigenvalue weighted by Crippen LogP contribution is -2.35. The molecule has 0 bridgehead atoms. The van der Waals surface area contributed by atoms with Crippen LogP contribution in [0.15, 0.2) is 77.9 Å². The highest BCUT2D eigenvalue weighted by atomic mass is 16.2. The average molecular weight is 369 g/mol. The molecular weight excluding hydrogens is 350 g/mol. The lowest BCUT2D eigenvalue weighted by molar-refractivity contribution is 0.0943. The van der Waals surface area contributed by atoms with Gasteiger partial charge in [0.1, 0.15) is 0 Å². The van der Waals surface area contributed by atoms with Crippen LogP contribution in [0.25, 0.3) is 17.1 Å². The summed E-state index contributed by atoms with van der Waals surface area (Å²) in [6, 6.07) is 19.4. The zero-order chi connectivity index (χ0) is 18.9. The highest BCUT2D eigenvalue weighted by Crippen LogP contribution is 2.40. The van der Waals surface area contributed by atoms with E-state index >= 15 is 0 Å². The molecule has 6 heteroatoms. The van der Waals surface area contributed by atoms with E-state index in [2.05, 4.69) is 32.8 Å². The molecule has 1 aromatic heterocycles. The van der Waals surface area contributed by atoms with Crippen LogP contribution >= 0.6 is 0 Å². The number of hydrazone groups is 1. The number of carbonyl (C=O) groups is 1. The van der Waals surface area contributed by atoms with Crippen molar-refractivity contribution in [2.75, 3.05) is 0 Å². The summed E-state index contributed by atoms with van der Waals surface area (Å²) < 4.78 is 1.69. The molecule has 2 aliphatic carbocycles. The van der Waals surface area contributed by atoms with Gasteiger partial charge in [-0.05, 0) is 30.9 Å². The number of nitrogens with zero attached hydrogens (tertiary/aromatic N) is 4. The van der Waals surface area contributed by atoms with Crippen molar-refractivity contribution in [2.45, 2.75) is 12.8 Å². The van der Waals surface area contributed by atoms with Gasteiger partial charge in [-0.2, -0.15) is 5.10 Å². The maximum Gasteiger partial charge on any atom is 0.311 e. The van der Waals surface area contributed by atoms with Gasteiger partial charge >= 0.3 is 5.91 Å². The first kappa shape index (κ1) is 16.6. The topological polar surface area (TPSA) is 72.2 Å². The van der Waals surface area contributed by atoms with Crippen LogP contribution in [0, 0.1) is 11.8 Å². The number of nitrogens with one attached hydrogen (secondary N) is 1. The summed E-state index contributed by atoms with van der Waals surface area (Å²) in [4.78, 5) is 17.1. The summed E-state index contributed by atoms with van der Waals surface area (Å²) >= 11 is 0. The molecule has 1 N–H and O–H groups in total. The third kappa shape index (κ3) is 2.93. The lowest BCUT2D eigenvalue weighted by atomic mass is 9.74. The average Bonchev–Trinajstić information content (AvgIpc) is 3.34. The third-order valence-electron chi connectivity index (χ3n) is 5.31. The minimum atomic E-state index is -0.395. The molecule has 138 valence electrons. The number of fused-ring (bicyclic) bond motifs is 1. The second kappa shape index (κ2) is 6.88. The maximum atomic E-state index is 12.6. The molecule has 0 aliphatic heterocycles. The molecule has 6 nitrogen and oxygen atoms in total. The molecule has 0 radical (unpaired) electrons. The molecule has 2 aliphatic rings. The Kier molecular flexibility index (Phi) is 4.09. The van der Waals surface area contributed by atoms with Gasteiger partial charge in [-0.25, -0.2) is 15.1 Å². The van der Waals surface area contributed by atoms with E-state index in [1.54, 1.807) is 4.68 Å². The molecule has 2 unspecified atom stereocenters. The molecule has 3 aromatic rings. The first-order valence-corrected chi connectivity index (χ1v) is 9.41. The van der Waals surface area contributed by atoms with E-state index in [9.17, 15) is 4.79 Å². The van der Waals surface area contributed by atoms with E-state index in [1.807, 2.05) is 60.7 Å². The van der Waals surface area contributed by atoms with E-state index in [0.717, 1.165) is 29.8 Å². The monoisotopic (exact) mass is 369 g/mol. The fourth-order valence-electron chi connectivity index (χ4n) is 3.77. The van der Waals surface area contributed by atoms with E-state index < -0.39 is 5.91 Å².